The zero-order valence-corrected chi connectivity index (χ0v) is 18.7. The third kappa shape index (κ3) is 5.17. The number of epoxide rings is 1. The predicted molar refractivity (Wildman–Crippen MR) is 111 cm³/mol. The lowest BCUT2D eigenvalue weighted by Gasteiger charge is -2.24. The average molecular weight is 501 g/mol. The molecule has 1 fully saturated rings. The molecule has 0 saturated carbocycles. The fourth-order valence-electron chi connectivity index (χ4n) is 3.21. The van der Waals surface area contributed by atoms with Gasteiger partial charge in [-0.3, -0.25) is 14.4 Å². The molecule has 2 aliphatic rings. The highest BCUT2D eigenvalue weighted by atomic mass is 79.9. The minimum atomic E-state index is -1.29. The molecule has 10 nitrogen and oxygen atoms in total. The molecule has 0 aromatic heterocycles. The van der Waals surface area contributed by atoms with Crippen LogP contribution in [-0.4, -0.2) is 72.1 Å². The Kier molecular flexibility index (Phi) is 7.20. The molecule has 31 heavy (non-hydrogen) atoms. The number of rotatable bonds is 10. The molecule has 170 valence electrons. The van der Waals surface area contributed by atoms with Gasteiger partial charge in [0.25, 0.3) is 5.91 Å². The van der Waals surface area contributed by atoms with Crippen molar-refractivity contribution in [1.29, 1.82) is 0 Å². The third-order valence-corrected chi connectivity index (χ3v) is 5.70. The predicted octanol–water partition coefficient (Wildman–Crippen LogP) is 0.130. The first-order valence-electron chi connectivity index (χ1n) is 9.81. The molecule has 0 aliphatic carbocycles. The van der Waals surface area contributed by atoms with Gasteiger partial charge in [0.05, 0.1) is 31.4 Å². The second kappa shape index (κ2) is 9.51. The lowest BCUT2D eigenvalue weighted by atomic mass is 9.92. The molecular weight excluding hydrogens is 476 g/mol. The molecule has 2 amide bonds. The molecule has 11 heteroatoms. The minimum Gasteiger partial charge on any atom is -0.454 e. The molecule has 4 N–H and O–H groups in total. The number of ether oxygens (including phenoxy) is 3. The summed E-state index contributed by atoms with van der Waals surface area (Å²) in [5.41, 5.74) is -1.10. The topological polar surface area (TPSA) is 147 Å². The van der Waals surface area contributed by atoms with Crippen LogP contribution in [0.15, 0.2) is 16.6 Å². The number of aliphatic hydroxyl groups is 2. The van der Waals surface area contributed by atoms with Gasteiger partial charge < -0.3 is 35.1 Å². The maximum absolute atomic E-state index is 12.8. The molecule has 2 heterocycles. The van der Waals surface area contributed by atoms with E-state index in [1.54, 1.807) is 6.07 Å². The number of halogens is 1. The highest BCUT2D eigenvalue weighted by Crippen LogP contribution is 2.37. The van der Waals surface area contributed by atoms with Gasteiger partial charge in [-0.1, -0.05) is 13.8 Å². The van der Waals surface area contributed by atoms with E-state index in [1.165, 1.54) is 6.07 Å². The summed E-state index contributed by atoms with van der Waals surface area (Å²) in [7, 11) is 0. The quantitative estimate of drug-likeness (QED) is 0.331. The van der Waals surface area contributed by atoms with E-state index >= 15 is 0 Å². The van der Waals surface area contributed by atoms with Gasteiger partial charge in [0.1, 0.15) is 6.04 Å². The normalized spacial score (nSPS) is 20.8. The van der Waals surface area contributed by atoms with Crippen molar-refractivity contribution in [3.8, 4) is 11.5 Å². The van der Waals surface area contributed by atoms with Crippen LogP contribution >= 0.6 is 15.9 Å². The molecule has 1 saturated heterocycles. The van der Waals surface area contributed by atoms with E-state index in [2.05, 4.69) is 26.6 Å². The number of hydrogen-bond donors (Lipinski definition) is 4. The van der Waals surface area contributed by atoms with E-state index in [9.17, 15) is 24.6 Å². The van der Waals surface area contributed by atoms with Gasteiger partial charge in [-0.15, -0.1) is 0 Å². The fourth-order valence-corrected chi connectivity index (χ4v) is 3.72. The van der Waals surface area contributed by atoms with Crippen molar-refractivity contribution >= 4 is 33.5 Å². The maximum Gasteiger partial charge on any atom is 0.253 e. The zero-order valence-electron chi connectivity index (χ0n) is 17.1. The molecule has 2 unspecified atom stereocenters. The van der Waals surface area contributed by atoms with E-state index in [-0.39, 0.29) is 24.9 Å². The number of carbonyl (C=O) groups excluding carboxylic acids is 3. The van der Waals surface area contributed by atoms with Gasteiger partial charge in [0.15, 0.2) is 22.9 Å². The summed E-state index contributed by atoms with van der Waals surface area (Å²) in [4.78, 5) is 38.2. The Morgan fingerprint density at radius 2 is 1.77 bits per heavy atom. The minimum absolute atomic E-state index is 0.0405. The Bertz CT molecular complexity index is 871. The van der Waals surface area contributed by atoms with Gasteiger partial charge in [0.2, 0.25) is 12.7 Å². The molecule has 3 atom stereocenters. The van der Waals surface area contributed by atoms with E-state index in [0.29, 0.717) is 22.4 Å². The summed E-state index contributed by atoms with van der Waals surface area (Å²) in [6, 6.07) is 0.823. The lowest BCUT2D eigenvalue weighted by Crippen LogP contribution is -2.55. The fraction of sp³-hybridized carbons (Fsp3) is 0.550. The number of ketones is 1. The summed E-state index contributed by atoms with van der Waals surface area (Å²) in [6.07, 6.45) is 0.315. The second-order valence-electron chi connectivity index (χ2n) is 7.89. The molecule has 1 aromatic rings. The van der Waals surface area contributed by atoms with Crippen LogP contribution < -0.4 is 20.1 Å². The standard InChI is InChI=1S/C20H25BrN2O8/c1-10(2)3-13(17(26)20(7-25)8-31-20)22-19(28)14(6-24)23-18(27)11-4-15-16(5-12(11)21)30-9-29-15/h4-5,10,13-14,24-25H,3,6-9H2,1-2H3,(H,22,28)(H,23,27)/t13?,14-,20?/m0/s1. The summed E-state index contributed by atoms with van der Waals surface area (Å²) < 4.78 is 16.1. The van der Waals surface area contributed by atoms with Crippen LogP contribution in [0.1, 0.15) is 30.6 Å². The number of hydrogen-bond acceptors (Lipinski definition) is 8. The van der Waals surface area contributed by atoms with Crippen LogP contribution in [-0.2, 0) is 14.3 Å². The number of fused-ring (bicyclic) bond motifs is 1. The van der Waals surface area contributed by atoms with Gasteiger partial charge in [0, 0.05) is 4.47 Å². The van der Waals surface area contributed by atoms with Crippen molar-refractivity contribution in [2.24, 2.45) is 5.92 Å². The third-order valence-electron chi connectivity index (χ3n) is 5.05. The van der Waals surface area contributed by atoms with Crippen LogP contribution in [0, 0.1) is 5.92 Å². The summed E-state index contributed by atoms with van der Waals surface area (Å²) in [5, 5.41) is 24.2. The first kappa shape index (κ1) is 23.5. The Hall–Kier alpha value is -2.21. The van der Waals surface area contributed by atoms with Gasteiger partial charge >= 0.3 is 0 Å². The SMILES string of the molecule is CC(C)CC(NC(=O)[C@H](CO)NC(=O)c1cc2c(cc1Br)OCO2)C(=O)C1(CO)CO1. The van der Waals surface area contributed by atoms with Crippen molar-refractivity contribution in [1.82, 2.24) is 10.6 Å². The van der Waals surface area contributed by atoms with Crippen LogP contribution in [0.5, 0.6) is 11.5 Å². The van der Waals surface area contributed by atoms with Crippen LogP contribution in [0.25, 0.3) is 0 Å². The van der Waals surface area contributed by atoms with Gasteiger partial charge in [-0.05, 0) is 40.4 Å². The Morgan fingerprint density at radius 1 is 1.13 bits per heavy atom. The number of carbonyl (C=O) groups is 3. The van der Waals surface area contributed by atoms with E-state index < -0.39 is 48.5 Å². The van der Waals surface area contributed by atoms with Crippen LogP contribution in [0.4, 0.5) is 0 Å². The number of benzene rings is 1. The number of aliphatic hydroxyl groups excluding tert-OH is 2. The second-order valence-corrected chi connectivity index (χ2v) is 8.74. The Labute approximate surface area is 187 Å². The van der Waals surface area contributed by atoms with E-state index in [4.69, 9.17) is 14.2 Å². The van der Waals surface area contributed by atoms with Crippen molar-refractivity contribution in [2.45, 2.75) is 38.0 Å². The maximum atomic E-state index is 12.8. The van der Waals surface area contributed by atoms with Gasteiger partial charge in [-0.25, -0.2) is 0 Å². The van der Waals surface area contributed by atoms with Crippen molar-refractivity contribution in [2.75, 3.05) is 26.6 Å². The summed E-state index contributed by atoms with van der Waals surface area (Å²) >= 11 is 3.28. The highest BCUT2D eigenvalue weighted by molar-refractivity contribution is 9.10. The first-order chi connectivity index (χ1) is 14.7. The molecule has 0 radical (unpaired) electrons. The van der Waals surface area contributed by atoms with Gasteiger partial charge in [-0.2, -0.15) is 0 Å². The zero-order chi connectivity index (χ0) is 22.8. The molecule has 3 rings (SSSR count). The smallest absolute Gasteiger partial charge is 0.253 e. The number of nitrogens with one attached hydrogen (secondary N) is 2. The van der Waals surface area contributed by atoms with E-state index in [1.807, 2.05) is 13.8 Å². The number of amides is 2. The molecule has 0 bridgehead atoms. The van der Waals surface area contributed by atoms with Crippen molar-refractivity contribution in [3.05, 3.63) is 22.2 Å². The average Bonchev–Trinajstić information content (AvgIpc) is 3.40. The Morgan fingerprint density at radius 3 is 2.32 bits per heavy atom. The van der Waals surface area contributed by atoms with Crippen LogP contribution in [0.2, 0.25) is 0 Å². The Balaban J connectivity index is 1.70. The highest BCUT2D eigenvalue weighted by Gasteiger charge is 2.54. The largest absolute Gasteiger partial charge is 0.454 e. The molecule has 2 aliphatic heterocycles. The molecule has 0 spiro atoms. The molecule has 1 aromatic carbocycles. The summed E-state index contributed by atoms with van der Waals surface area (Å²) in [6.45, 7) is 2.74. The molecular formula is C20H25BrN2O8. The monoisotopic (exact) mass is 500 g/mol. The van der Waals surface area contributed by atoms with Crippen molar-refractivity contribution in [3.63, 3.8) is 0 Å². The van der Waals surface area contributed by atoms with E-state index in [0.717, 1.165) is 0 Å². The number of Topliss-reactive ketones (excluding diaryl/α,β-unsaturated/α-hetero) is 1. The summed E-state index contributed by atoms with van der Waals surface area (Å²) in [5.74, 6) is -0.840. The van der Waals surface area contributed by atoms with Crippen LogP contribution in [0.3, 0.4) is 0 Å². The van der Waals surface area contributed by atoms with Crippen molar-refractivity contribution < 1.29 is 38.8 Å². The lowest BCUT2D eigenvalue weighted by molar-refractivity contribution is -0.133. The first-order valence-corrected chi connectivity index (χ1v) is 10.6.